The maximum atomic E-state index is 0. The Morgan fingerprint density at radius 1 is 0.0556 bits per heavy atom. The summed E-state index contributed by atoms with van der Waals surface area (Å²) in [5, 5.41) is 0. The standard InChI is InChI=1S/18U. The smallest absolute Gasteiger partial charge is 0 e. The van der Waals surface area contributed by atoms with Crippen molar-refractivity contribution in [1.82, 2.24) is 0 Å². The fraction of sp³-hybridized carbons (Fsp3) is 0. The molecule has 0 rings (SSSR count). The van der Waals surface area contributed by atoms with Gasteiger partial charge in [0.25, 0.3) is 0 Å². The molecule has 0 aromatic heterocycles. The fourth-order valence-corrected chi connectivity index (χ4v) is 0. The zero-order valence-electron chi connectivity index (χ0n) is 9.00. The average Bonchev–Trinajstić information content (AvgIpc) is 0. The second-order valence-electron chi connectivity index (χ2n) is 0. The molecule has 0 atom stereocenters. The van der Waals surface area contributed by atoms with Crippen LogP contribution in [0.15, 0.2) is 0 Å². The van der Waals surface area contributed by atoms with Crippen LogP contribution in [0, 0.1) is 560 Å². The molecule has 0 radical (unpaired) electrons. The third-order valence-electron chi connectivity index (χ3n) is 0. The van der Waals surface area contributed by atoms with Gasteiger partial charge in [-0.1, -0.05) is 0 Å². The van der Waals surface area contributed by atoms with Gasteiger partial charge in [0.1, 0.15) is 0 Å². The first kappa shape index (κ1) is 133. The van der Waals surface area contributed by atoms with E-state index < -0.39 is 0 Å². The minimum Gasteiger partial charge on any atom is 0 e. The number of hydrogen-bond donors (Lipinski definition) is 0. The van der Waals surface area contributed by atoms with Crippen molar-refractivity contribution < 1.29 is 560 Å². The topological polar surface area (TPSA) is 0 Å². The van der Waals surface area contributed by atoms with Gasteiger partial charge in [0.2, 0.25) is 0 Å². The van der Waals surface area contributed by atoms with Gasteiger partial charge in [-0.25, -0.2) is 0 Å². The minimum absolute atomic E-state index is 0. The van der Waals surface area contributed by atoms with Gasteiger partial charge >= 0.3 is 0 Å². The van der Waals surface area contributed by atoms with E-state index in [-0.39, 0.29) is 560 Å². The largest absolute Gasteiger partial charge is 0 e. The van der Waals surface area contributed by atoms with Crippen molar-refractivity contribution in [3.63, 3.8) is 0 Å². The summed E-state index contributed by atoms with van der Waals surface area (Å²) >= 11 is 0. The van der Waals surface area contributed by atoms with Gasteiger partial charge in [-0.15, -0.1) is 0 Å². The quantitative estimate of drug-likeness (QED) is 0.321. The van der Waals surface area contributed by atoms with E-state index in [0.717, 1.165) is 0 Å². The van der Waals surface area contributed by atoms with Gasteiger partial charge in [0.05, 0.1) is 0 Å². The van der Waals surface area contributed by atoms with Crippen LogP contribution in [0.25, 0.3) is 0 Å². The molecular weight excluding hydrogens is 4280 g/mol. The molecule has 0 unspecified atom stereocenters. The van der Waals surface area contributed by atoms with Crippen LogP contribution in [0.2, 0.25) is 0 Å². The third-order valence-corrected chi connectivity index (χ3v) is 0. The van der Waals surface area contributed by atoms with Gasteiger partial charge in [0, 0.05) is 560 Å². The van der Waals surface area contributed by atoms with Gasteiger partial charge in [-0.05, 0) is 0 Å². The number of hydrogen-bond acceptors (Lipinski definition) is 0. The van der Waals surface area contributed by atoms with Crippen LogP contribution in [-0.2, 0) is 0 Å². The van der Waals surface area contributed by atoms with Crippen molar-refractivity contribution in [2.45, 2.75) is 0 Å². The van der Waals surface area contributed by atoms with Gasteiger partial charge in [-0.3, -0.25) is 0 Å². The molecule has 0 fully saturated rings. The summed E-state index contributed by atoms with van der Waals surface area (Å²) in [6.45, 7) is 0. The monoisotopic (exact) mass is 4280 g/mol. The molecule has 18 heavy (non-hydrogen) atoms. The zero-order chi connectivity index (χ0) is 0. The normalized spacial score (nSPS) is 0. The molecule has 0 saturated heterocycles. The Labute approximate surface area is 539 Å². The molecule has 0 aromatic rings. The summed E-state index contributed by atoms with van der Waals surface area (Å²) in [6, 6.07) is 0. The molecule has 0 heterocycles. The van der Waals surface area contributed by atoms with E-state index in [1.54, 1.807) is 0 Å². The Morgan fingerprint density at radius 2 is 0.0556 bits per heavy atom. The fourth-order valence-electron chi connectivity index (χ4n) is 0. The first-order valence-electron chi connectivity index (χ1n) is 0. The predicted molar refractivity (Wildman–Crippen MR) is 0 cm³/mol. The summed E-state index contributed by atoms with van der Waals surface area (Å²) in [6.07, 6.45) is 0. The Kier molecular flexibility index (Phi) is 904. The van der Waals surface area contributed by atoms with E-state index in [2.05, 4.69) is 0 Å². The van der Waals surface area contributed by atoms with Crippen molar-refractivity contribution in [1.29, 1.82) is 0 Å². The van der Waals surface area contributed by atoms with Gasteiger partial charge in [0.15, 0.2) is 0 Å². The summed E-state index contributed by atoms with van der Waals surface area (Å²) in [4.78, 5) is 0. The molecule has 0 amide bonds. The Morgan fingerprint density at radius 3 is 0.0556 bits per heavy atom. The maximum absolute atomic E-state index is 0. The molecule has 0 aliphatic rings. The molecule has 0 spiro atoms. The first-order valence-corrected chi connectivity index (χ1v) is 0. The molecule has 18 heteroatoms. The van der Waals surface area contributed by atoms with Crippen LogP contribution < -0.4 is 0 Å². The molecule has 0 saturated carbocycles. The molecule has 0 aliphatic carbocycles. The van der Waals surface area contributed by atoms with E-state index in [1.165, 1.54) is 0 Å². The maximum Gasteiger partial charge on any atom is 0 e. The molecule has 72 valence electrons. The summed E-state index contributed by atoms with van der Waals surface area (Å²) in [7, 11) is 0. The second kappa shape index (κ2) is 122. The predicted octanol–water partition coefficient (Wildman–Crippen LogP) is 0. The second-order valence-corrected chi connectivity index (χ2v) is 0. The summed E-state index contributed by atoms with van der Waals surface area (Å²) in [5.41, 5.74) is 0. The van der Waals surface area contributed by atoms with Crippen LogP contribution in [0.5, 0.6) is 0 Å². The van der Waals surface area contributed by atoms with E-state index in [9.17, 15) is 0 Å². The zero-order valence-corrected chi connectivity index (χ0v) is 83.9. The van der Waals surface area contributed by atoms with Crippen LogP contribution in [0.1, 0.15) is 0 Å². The molecular formula is U18. The van der Waals surface area contributed by atoms with Crippen molar-refractivity contribution in [2.24, 2.45) is 0 Å². The van der Waals surface area contributed by atoms with Gasteiger partial charge < -0.3 is 0 Å². The van der Waals surface area contributed by atoms with Crippen molar-refractivity contribution in [3.8, 4) is 0 Å². The van der Waals surface area contributed by atoms with Crippen LogP contribution in [-0.4, -0.2) is 0 Å². The summed E-state index contributed by atoms with van der Waals surface area (Å²) in [5.74, 6) is 0. The van der Waals surface area contributed by atoms with E-state index >= 15 is 0 Å². The van der Waals surface area contributed by atoms with Crippen molar-refractivity contribution >= 4 is 0 Å². The number of rotatable bonds is 0. The van der Waals surface area contributed by atoms with E-state index in [4.69, 9.17) is 0 Å². The summed E-state index contributed by atoms with van der Waals surface area (Å²) < 4.78 is 0. The van der Waals surface area contributed by atoms with E-state index in [1.807, 2.05) is 0 Å². The van der Waals surface area contributed by atoms with Crippen LogP contribution in [0.3, 0.4) is 0 Å². The molecule has 0 bridgehead atoms. The van der Waals surface area contributed by atoms with E-state index in [0.29, 0.717) is 0 Å². The SMILES string of the molecule is [U].[U].[U].[U].[U].[U].[U].[U].[U].[U].[U].[U].[U].[U].[U].[U].[U].[U]. The molecule has 0 aromatic carbocycles. The molecule has 0 N–H and O–H groups in total. The van der Waals surface area contributed by atoms with Crippen LogP contribution in [0.4, 0.5) is 0 Å². The van der Waals surface area contributed by atoms with Crippen LogP contribution >= 0.6 is 0 Å². The Bertz CT molecular complexity index is 0. The third kappa shape index (κ3) is 112. The van der Waals surface area contributed by atoms with Gasteiger partial charge in [-0.2, -0.15) is 0 Å². The molecule has 0 nitrogen and oxygen atoms in total. The van der Waals surface area contributed by atoms with Crippen molar-refractivity contribution in [3.05, 3.63) is 0 Å². The Balaban J connectivity index is 0. The average molecular weight is 4280 g/mol. The Hall–Kier alpha value is 18.9. The first-order chi connectivity index (χ1) is 0. The minimum atomic E-state index is 0. The van der Waals surface area contributed by atoms with Crippen molar-refractivity contribution in [2.75, 3.05) is 0 Å². The molecule has 0 aliphatic heterocycles.